The van der Waals surface area contributed by atoms with Crippen molar-refractivity contribution in [3.63, 3.8) is 0 Å². The maximum absolute atomic E-state index is 12.6. The summed E-state index contributed by atoms with van der Waals surface area (Å²) in [4.78, 5) is 24.9. The van der Waals surface area contributed by atoms with Gasteiger partial charge in [-0.1, -0.05) is 36.4 Å². The standard InChI is InChI=1S/C25H26N6O3/c1-27-24-21(23(26)32)22(30-31(24)18-6-5-13-28-15-18)17-11-9-16(10-12-17)14-29-25(33)19-7-3-4-8-20(19)34-2/h3-13,27-28H,14-15H2,1-2H3,(H2,26,32)(H,29,33). The second-order valence-electron chi connectivity index (χ2n) is 7.58. The van der Waals surface area contributed by atoms with Gasteiger partial charge in [-0.15, -0.1) is 0 Å². The van der Waals surface area contributed by atoms with Crippen LogP contribution in [-0.2, 0) is 6.54 Å². The van der Waals surface area contributed by atoms with Crippen molar-refractivity contribution in [2.24, 2.45) is 5.73 Å². The van der Waals surface area contributed by atoms with E-state index in [0.717, 1.165) is 16.8 Å². The summed E-state index contributed by atoms with van der Waals surface area (Å²) >= 11 is 0. The van der Waals surface area contributed by atoms with E-state index in [1.54, 1.807) is 29.9 Å². The van der Waals surface area contributed by atoms with Crippen LogP contribution < -0.4 is 26.4 Å². The van der Waals surface area contributed by atoms with E-state index in [1.807, 2.05) is 48.7 Å². The Kier molecular flexibility index (Phi) is 6.63. The van der Waals surface area contributed by atoms with E-state index in [1.165, 1.54) is 7.11 Å². The van der Waals surface area contributed by atoms with E-state index < -0.39 is 5.91 Å². The highest BCUT2D eigenvalue weighted by molar-refractivity contribution is 6.04. The summed E-state index contributed by atoms with van der Waals surface area (Å²) in [6, 6.07) is 14.5. The Morgan fingerprint density at radius 2 is 1.94 bits per heavy atom. The van der Waals surface area contributed by atoms with Crippen LogP contribution >= 0.6 is 0 Å². The van der Waals surface area contributed by atoms with Gasteiger partial charge in [-0.2, -0.15) is 5.10 Å². The average Bonchev–Trinajstić information content (AvgIpc) is 3.28. The minimum atomic E-state index is -0.571. The predicted octanol–water partition coefficient (Wildman–Crippen LogP) is 2.59. The van der Waals surface area contributed by atoms with Gasteiger partial charge >= 0.3 is 0 Å². The largest absolute Gasteiger partial charge is 0.496 e. The summed E-state index contributed by atoms with van der Waals surface area (Å²) in [5.74, 6) is 0.250. The molecule has 34 heavy (non-hydrogen) atoms. The van der Waals surface area contributed by atoms with Crippen LogP contribution in [0.5, 0.6) is 5.75 Å². The number of nitrogens with zero attached hydrogens (tertiary/aromatic N) is 2. The van der Waals surface area contributed by atoms with Crippen LogP contribution in [0.2, 0.25) is 0 Å². The van der Waals surface area contributed by atoms with Crippen molar-refractivity contribution in [2.75, 3.05) is 26.0 Å². The van der Waals surface area contributed by atoms with E-state index in [-0.39, 0.29) is 5.91 Å². The highest BCUT2D eigenvalue weighted by Gasteiger charge is 2.24. The summed E-state index contributed by atoms with van der Waals surface area (Å²) in [5.41, 5.74) is 9.50. The van der Waals surface area contributed by atoms with E-state index in [0.29, 0.717) is 41.5 Å². The van der Waals surface area contributed by atoms with E-state index in [4.69, 9.17) is 10.5 Å². The van der Waals surface area contributed by atoms with Crippen molar-refractivity contribution in [1.29, 1.82) is 0 Å². The molecule has 0 aliphatic carbocycles. The number of para-hydroxylation sites is 1. The smallest absolute Gasteiger partial charge is 0.255 e. The summed E-state index contributed by atoms with van der Waals surface area (Å²) in [7, 11) is 3.26. The van der Waals surface area contributed by atoms with Crippen molar-refractivity contribution >= 4 is 23.3 Å². The van der Waals surface area contributed by atoms with E-state index >= 15 is 0 Å². The number of amides is 2. The first-order chi connectivity index (χ1) is 16.5. The molecule has 0 spiro atoms. The molecule has 1 aromatic heterocycles. The quantitative estimate of drug-likeness (QED) is 0.411. The van der Waals surface area contributed by atoms with Gasteiger partial charge < -0.3 is 26.4 Å². The Balaban J connectivity index is 1.57. The zero-order valence-corrected chi connectivity index (χ0v) is 19.0. The van der Waals surface area contributed by atoms with Crippen molar-refractivity contribution in [1.82, 2.24) is 20.4 Å². The van der Waals surface area contributed by atoms with Crippen molar-refractivity contribution in [3.8, 4) is 17.0 Å². The number of nitrogens with two attached hydrogens (primary N) is 1. The Hall–Kier alpha value is -4.53. The molecule has 0 fully saturated rings. The number of hydrogen-bond donors (Lipinski definition) is 4. The van der Waals surface area contributed by atoms with Gasteiger partial charge in [0.2, 0.25) is 0 Å². The van der Waals surface area contributed by atoms with Gasteiger partial charge in [-0.3, -0.25) is 9.59 Å². The fourth-order valence-corrected chi connectivity index (χ4v) is 3.78. The lowest BCUT2D eigenvalue weighted by molar-refractivity contribution is 0.0946. The molecule has 2 amide bonds. The van der Waals surface area contributed by atoms with E-state index in [9.17, 15) is 9.59 Å². The second kappa shape index (κ2) is 9.95. The molecule has 4 rings (SSSR count). The van der Waals surface area contributed by atoms with Gasteiger partial charge in [0.15, 0.2) is 0 Å². The molecule has 1 aliphatic rings. The number of ether oxygens (including phenoxy) is 1. The fourth-order valence-electron chi connectivity index (χ4n) is 3.78. The van der Waals surface area contributed by atoms with Gasteiger partial charge in [0, 0.05) is 19.2 Å². The summed E-state index contributed by atoms with van der Waals surface area (Å²) in [5, 5.41) is 13.8. The maximum atomic E-state index is 12.6. The molecule has 3 aromatic rings. The molecule has 9 nitrogen and oxygen atoms in total. The first kappa shape index (κ1) is 22.7. The zero-order valence-electron chi connectivity index (χ0n) is 19.0. The Bertz CT molecular complexity index is 1270. The first-order valence-corrected chi connectivity index (χ1v) is 10.7. The van der Waals surface area contributed by atoms with Gasteiger partial charge in [0.25, 0.3) is 11.8 Å². The third kappa shape index (κ3) is 4.49. The molecule has 0 radical (unpaired) electrons. The lowest BCUT2D eigenvalue weighted by atomic mass is 10.0. The van der Waals surface area contributed by atoms with Crippen LogP contribution in [0.4, 0.5) is 5.82 Å². The topological polar surface area (TPSA) is 123 Å². The average molecular weight is 459 g/mol. The lowest BCUT2D eigenvalue weighted by Crippen LogP contribution is -2.23. The van der Waals surface area contributed by atoms with Gasteiger partial charge in [0.1, 0.15) is 22.8 Å². The normalized spacial score (nSPS) is 12.5. The van der Waals surface area contributed by atoms with Crippen LogP contribution in [0.3, 0.4) is 0 Å². The molecule has 2 aromatic carbocycles. The fraction of sp³-hybridized carbons (Fsp3) is 0.160. The number of primary amides is 1. The maximum Gasteiger partial charge on any atom is 0.255 e. The molecule has 0 saturated heterocycles. The molecule has 174 valence electrons. The number of allylic oxidation sites excluding steroid dienone is 2. The zero-order chi connectivity index (χ0) is 24.1. The highest BCUT2D eigenvalue weighted by Crippen LogP contribution is 2.31. The number of carbonyl (C=O) groups excluding carboxylic acids is 2. The number of nitrogens with one attached hydrogen (secondary N) is 3. The monoisotopic (exact) mass is 458 g/mol. The van der Waals surface area contributed by atoms with Crippen LogP contribution in [0.15, 0.2) is 66.9 Å². The molecule has 0 unspecified atom stereocenters. The number of anilines is 1. The molecular weight excluding hydrogens is 432 g/mol. The molecule has 0 saturated carbocycles. The van der Waals surface area contributed by atoms with E-state index in [2.05, 4.69) is 21.0 Å². The Morgan fingerprint density at radius 3 is 2.59 bits per heavy atom. The minimum absolute atomic E-state index is 0.224. The number of methoxy groups -OCH3 is 1. The summed E-state index contributed by atoms with van der Waals surface area (Å²) < 4.78 is 6.94. The number of rotatable bonds is 8. The number of dihydropyridines is 1. The molecule has 2 heterocycles. The molecule has 5 N–H and O–H groups in total. The lowest BCUT2D eigenvalue weighted by Gasteiger charge is -2.13. The molecule has 0 bridgehead atoms. The SMILES string of the molecule is CNc1c(C(N)=O)c(-c2ccc(CNC(=O)c3ccccc3OC)cc2)nn1C1=CC=CNC1. The molecule has 9 heteroatoms. The summed E-state index contributed by atoms with van der Waals surface area (Å²) in [6.45, 7) is 0.899. The predicted molar refractivity (Wildman–Crippen MR) is 131 cm³/mol. The van der Waals surface area contributed by atoms with Crippen LogP contribution in [0.25, 0.3) is 17.0 Å². The molecule has 1 aliphatic heterocycles. The van der Waals surface area contributed by atoms with Crippen LogP contribution in [0, 0.1) is 0 Å². The Morgan fingerprint density at radius 1 is 1.18 bits per heavy atom. The molecular formula is C25H26N6O3. The van der Waals surface area contributed by atoms with Crippen LogP contribution in [0.1, 0.15) is 26.3 Å². The third-order valence-electron chi connectivity index (χ3n) is 5.46. The second-order valence-corrected chi connectivity index (χ2v) is 7.58. The minimum Gasteiger partial charge on any atom is -0.496 e. The molecule has 0 atom stereocenters. The summed E-state index contributed by atoms with van der Waals surface area (Å²) in [6.07, 6.45) is 5.64. The van der Waals surface area contributed by atoms with Gasteiger partial charge in [0.05, 0.1) is 24.9 Å². The van der Waals surface area contributed by atoms with Crippen molar-refractivity contribution in [2.45, 2.75) is 6.54 Å². The number of hydrogen-bond acceptors (Lipinski definition) is 6. The van der Waals surface area contributed by atoms with Crippen molar-refractivity contribution in [3.05, 3.63) is 83.6 Å². The van der Waals surface area contributed by atoms with Crippen LogP contribution in [-0.4, -0.2) is 42.3 Å². The number of aromatic nitrogens is 2. The van der Waals surface area contributed by atoms with Crippen molar-refractivity contribution < 1.29 is 14.3 Å². The van der Waals surface area contributed by atoms with Gasteiger partial charge in [-0.05, 0) is 36.0 Å². The highest BCUT2D eigenvalue weighted by atomic mass is 16.5. The van der Waals surface area contributed by atoms with Gasteiger partial charge in [-0.25, -0.2) is 4.68 Å². The first-order valence-electron chi connectivity index (χ1n) is 10.7. The third-order valence-corrected chi connectivity index (χ3v) is 5.46. The number of carbonyl (C=O) groups is 2. The Labute approximate surface area is 197 Å². The number of benzene rings is 2.